The fourth-order valence-electron chi connectivity index (χ4n) is 3.15. The molecule has 1 saturated heterocycles. The predicted molar refractivity (Wildman–Crippen MR) is 87.2 cm³/mol. The molecule has 0 spiro atoms. The molecule has 1 N–H and O–H groups in total. The van der Waals surface area contributed by atoms with E-state index in [1.807, 2.05) is 0 Å². The van der Waals surface area contributed by atoms with E-state index in [2.05, 4.69) is 0 Å². The van der Waals surface area contributed by atoms with Gasteiger partial charge in [0.1, 0.15) is 6.10 Å². The van der Waals surface area contributed by atoms with Gasteiger partial charge in [-0.05, 0) is 38.0 Å². The van der Waals surface area contributed by atoms with Crippen molar-refractivity contribution in [3.05, 3.63) is 34.9 Å². The van der Waals surface area contributed by atoms with E-state index in [1.54, 1.807) is 13.0 Å². The van der Waals surface area contributed by atoms with Gasteiger partial charge in [0, 0.05) is 13.8 Å². The van der Waals surface area contributed by atoms with Gasteiger partial charge in [0.25, 0.3) is 0 Å². The average molecular weight is 368 g/mol. The lowest BCUT2D eigenvalue weighted by atomic mass is 9.80. The van der Waals surface area contributed by atoms with E-state index in [4.69, 9.17) is 14.2 Å². The molecule has 1 aromatic carbocycles. The third-order valence-electron chi connectivity index (χ3n) is 4.69. The highest BCUT2D eigenvalue weighted by Crippen LogP contribution is 2.53. The Labute approximate surface area is 150 Å². The van der Waals surface area contributed by atoms with Crippen molar-refractivity contribution in [3.8, 4) is 0 Å². The number of halogens is 1. The number of esters is 2. The molecule has 0 amide bonds. The van der Waals surface area contributed by atoms with Crippen LogP contribution in [0.5, 0.6) is 0 Å². The van der Waals surface area contributed by atoms with Crippen molar-refractivity contribution in [3.63, 3.8) is 0 Å². The second-order valence-electron chi connectivity index (χ2n) is 6.56. The van der Waals surface area contributed by atoms with Gasteiger partial charge in [0.15, 0.2) is 5.60 Å². The smallest absolute Gasteiger partial charge is 0.335 e. The zero-order valence-electron chi connectivity index (χ0n) is 15.2. The fraction of sp³-hybridized carbons (Fsp3) is 0.500. The normalized spacial score (nSPS) is 30.7. The molecule has 8 heteroatoms. The predicted octanol–water partition coefficient (Wildman–Crippen LogP) is 2.70. The molecule has 2 rings (SSSR count). The minimum absolute atomic E-state index is 0.00720. The Bertz CT molecular complexity index is 758. The number of rotatable bonds is 4. The zero-order chi connectivity index (χ0) is 19.9. The maximum atomic E-state index is 15.6. The Morgan fingerprint density at radius 3 is 2.31 bits per heavy atom. The average Bonchev–Trinajstić information content (AvgIpc) is 2.66. The van der Waals surface area contributed by atoms with Crippen LogP contribution in [0.4, 0.5) is 4.39 Å². The minimum atomic E-state index is -2.37. The molecule has 1 aliphatic heterocycles. The van der Waals surface area contributed by atoms with Crippen molar-refractivity contribution < 1.29 is 38.1 Å². The second-order valence-corrected chi connectivity index (χ2v) is 6.56. The third-order valence-corrected chi connectivity index (χ3v) is 4.69. The zero-order valence-corrected chi connectivity index (χ0v) is 15.2. The number of benzene rings is 1. The van der Waals surface area contributed by atoms with Crippen LogP contribution in [0.25, 0.3) is 0 Å². The van der Waals surface area contributed by atoms with Crippen LogP contribution in [0.2, 0.25) is 0 Å². The molecule has 2 unspecified atom stereocenters. The van der Waals surface area contributed by atoms with Gasteiger partial charge >= 0.3 is 17.9 Å². The van der Waals surface area contributed by atoms with Gasteiger partial charge < -0.3 is 19.3 Å². The molecule has 0 bridgehead atoms. The topological polar surface area (TPSA) is 99.1 Å². The first kappa shape index (κ1) is 19.8. The summed E-state index contributed by atoms with van der Waals surface area (Å²) in [7, 11) is 0. The van der Waals surface area contributed by atoms with Crippen molar-refractivity contribution in [1.29, 1.82) is 0 Å². The first-order chi connectivity index (χ1) is 11.9. The van der Waals surface area contributed by atoms with Crippen LogP contribution in [-0.2, 0) is 23.8 Å². The first-order valence-electron chi connectivity index (χ1n) is 7.95. The van der Waals surface area contributed by atoms with Crippen LogP contribution in [0.15, 0.2) is 18.2 Å². The number of carboxylic acid groups (broad SMARTS) is 1. The third kappa shape index (κ3) is 3.16. The summed E-state index contributed by atoms with van der Waals surface area (Å²) in [6, 6.07) is 4.44. The molecule has 142 valence electrons. The maximum absolute atomic E-state index is 15.6. The van der Waals surface area contributed by atoms with Gasteiger partial charge in [0.2, 0.25) is 12.0 Å². The van der Waals surface area contributed by atoms with Gasteiger partial charge in [-0.3, -0.25) is 9.59 Å². The van der Waals surface area contributed by atoms with Gasteiger partial charge in [-0.25, -0.2) is 9.18 Å². The quantitative estimate of drug-likeness (QED) is 0.816. The van der Waals surface area contributed by atoms with Crippen LogP contribution in [0, 0.1) is 6.92 Å². The molecular formula is C18H21FO7. The Morgan fingerprint density at radius 1 is 1.19 bits per heavy atom. The monoisotopic (exact) mass is 368 g/mol. The number of carbonyl (C=O) groups is 3. The Hall–Kier alpha value is -2.48. The van der Waals surface area contributed by atoms with Crippen LogP contribution in [0.1, 0.15) is 55.3 Å². The molecule has 26 heavy (non-hydrogen) atoms. The summed E-state index contributed by atoms with van der Waals surface area (Å²) in [6.07, 6.45) is -2.80. The van der Waals surface area contributed by atoms with E-state index in [0.29, 0.717) is 11.1 Å². The summed E-state index contributed by atoms with van der Waals surface area (Å²) in [5.41, 5.74) is -3.55. The molecule has 0 radical (unpaired) electrons. The van der Waals surface area contributed by atoms with Gasteiger partial charge in [-0.1, -0.05) is 12.1 Å². The molecule has 0 aliphatic carbocycles. The Morgan fingerprint density at radius 2 is 1.81 bits per heavy atom. The second kappa shape index (κ2) is 6.68. The van der Waals surface area contributed by atoms with E-state index < -0.39 is 41.6 Å². The summed E-state index contributed by atoms with van der Waals surface area (Å²) in [5, 5.41) is 9.31. The molecule has 1 aromatic rings. The number of alkyl halides is 1. The molecular weight excluding hydrogens is 347 g/mol. The van der Waals surface area contributed by atoms with E-state index >= 15 is 4.39 Å². The van der Waals surface area contributed by atoms with Crippen LogP contribution >= 0.6 is 0 Å². The molecule has 1 aliphatic rings. The highest BCUT2D eigenvalue weighted by molar-refractivity contribution is 5.89. The van der Waals surface area contributed by atoms with Crippen molar-refractivity contribution >= 4 is 17.9 Å². The highest BCUT2D eigenvalue weighted by Gasteiger charge is 2.67. The number of hydrogen-bond acceptors (Lipinski definition) is 6. The first-order valence-corrected chi connectivity index (χ1v) is 7.95. The summed E-state index contributed by atoms with van der Waals surface area (Å²) < 4.78 is 31.4. The molecule has 1 heterocycles. The Kier molecular flexibility index (Phi) is 5.10. The van der Waals surface area contributed by atoms with E-state index in [9.17, 15) is 19.5 Å². The van der Waals surface area contributed by atoms with Crippen LogP contribution in [0.3, 0.4) is 0 Å². The lowest BCUT2D eigenvalue weighted by Gasteiger charge is -2.36. The summed E-state index contributed by atoms with van der Waals surface area (Å²) in [4.78, 5) is 34.3. The Balaban J connectivity index is 2.62. The lowest BCUT2D eigenvalue weighted by Crippen LogP contribution is -2.53. The molecule has 4 atom stereocenters. The van der Waals surface area contributed by atoms with Gasteiger partial charge in [0.05, 0.1) is 5.56 Å². The van der Waals surface area contributed by atoms with Crippen molar-refractivity contribution in [2.45, 2.75) is 58.3 Å². The fourth-order valence-corrected chi connectivity index (χ4v) is 3.15. The SMILES string of the molecule is CC(=O)OC1O[C@H](c2cccc(C(=O)O)c2C)C(C)(OC(C)=O)[C@@]1(C)F. The molecule has 7 nitrogen and oxygen atoms in total. The molecule has 1 fully saturated rings. The van der Waals surface area contributed by atoms with E-state index in [1.165, 1.54) is 19.1 Å². The summed E-state index contributed by atoms with van der Waals surface area (Å²) in [6.45, 7) is 6.21. The standard InChI is InChI=1S/C18H21FO7/c1-9-12(7-6-8-13(9)15(22)23)14-18(5,26-11(3)21)17(4,19)16(25-14)24-10(2)20/h6-8,14,16H,1-5H3,(H,22,23)/t14-,16?,17+,18?/m1/s1. The molecule has 0 aromatic heterocycles. The maximum Gasteiger partial charge on any atom is 0.335 e. The van der Waals surface area contributed by atoms with Crippen LogP contribution < -0.4 is 0 Å². The number of carboxylic acids is 1. The minimum Gasteiger partial charge on any atom is -0.478 e. The van der Waals surface area contributed by atoms with E-state index in [-0.39, 0.29) is 5.56 Å². The summed E-state index contributed by atoms with van der Waals surface area (Å²) >= 11 is 0. The number of carbonyl (C=O) groups excluding carboxylic acids is 2. The summed E-state index contributed by atoms with van der Waals surface area (Å²) in [5.74, 6) is -2.67. The van der Waals surface area contributed by atoms with Gasteiger partial charge in [-0.15, -0.1) is 0 Å². The van der Waals surface area contributed by atoms with Crippen molar-refractivity contribution in [1.82, 2.24) is 0 Å². The number of aromatic carboxylic acids is 1. The molecule has 0 saturated carbocycles. The number of ether oxygens (including phenoxy) is 3. The van der Waals surface area contributed by atoms with Crippen LogP contribution in [-0.4, -0.2) is 40.6 Å². The van der Waals surface area contributed by atoms with Crippen molar-refractivity contribution in [2.75, 3.05) is 0 Å². The number of hydrogen-bond donors (Lipinski definition) is 1. The lowest BCUT2D eigenvalue weighted by molar-refractivity contribution is -0.195. The highest BCUT2D eigenvalue weighted by atomic mass is 19.1. The van der Waals surface area contributed by atoms with E-state index in [0.717, 1.165) is 20.8 Å². The largest absolute Gasteiger partial charge is 0.478 e. The van der Waals surface area contributed by atoms with Gasteiger partial charge in [-0.2, -0.15) is 0 Å². The van der Waals surface area contributed by atoms with Crippen molar-refractivity contribution in [2.24, 2.45) is 0 Å².